The normalized spacial score (nSPS) is 9.94. The van der Waals surface area contributed by atoms with Crippen LogP contribution in [-0.4, -0.2) is 11.2 Å². The molecule has 1 amide bonds. The highest BCUT2D eigenvalue weighted by Crippen LogP contribution is 2.25. The lowest BCUT2D eigenvalue weighted by Crippen LogP contribution is -2.07. The second kappa shape index (κ2) is 4.70. The molecule has 0 aliphatic heterocycles. The number of nitrogens with one attached hydrogen (secondary N) is 1. The molecule has 2 aromatic rings. The van der Waals surface area contributed by atoms with Gasteiger partial charge in [-0.2, -0.15) is 0 Å². The zero-order chi connectivity index (χ0) is 12.3. The molecule has 0 unspecified atom stereocenters. The van der Waals surface area contributed by atoms with Gasteiger partial charge in [-0.15, -0.1) is 0 Å². The van der Waals surface area contributed by atoms with Crippen molar-refractivity contribution in [3.05, 3.63) is 54.1 Å². The summed E-state index contributed by atoms with van der Waals surface area (Å²) >= 11 is 0. The third kappa shape index (κ3) is 2.64. The van der Waals surface area contributed by atoms with E-state index in [1.165, 1.54) is 0 Å². The molecule has 2 rings (SSSR count). The van der Waals surface area contributed by atoms with Crippen LogP contribution in [0.15, 0.2) is 48.5 Å². The Morgan fingerprint density at radius 2 is 1.82 bits per heavy atom. The molecule has 86 valence electrons. The number of rotatable bonds is 2. The lowest BCUT2D eigenvalue weighted by molar-refractivity contribution is 0.210. The molecule has 0 aliphatic carbocycles. The second-order valence-electron chi connectivity index (χ2n) is 3.83. The van der Waals surface area contributed by atoms with Gasteiger partial charge in [0.25, 0.3) is 0 Å². The average Bonchev–Trinajstić information content (AvgIpc) is 2.29. The van der Waals surface area contributed by atoms with Crippen molar-refractivity contribution in [2.75, 3.05) is 5.32 Å². The van der Waals surface area contributed by atoms with E-state index < -0.39 is 6.09 Å². The summed E-state index contributed by atoms with van der Waals surface area (Å²) in [6.07, 6.45) is -1.04. The molecule has 3 heteroatoms. The number of hydrogen-bond donors (Lipinski definition) is 2. The summed E-state index contributed by atoms with van der Waals surface area (Å²) in [5, 5.41) is 11.0. The van der Waals surface area contributed by atoms with E-state index in [4.69, 9.17) is 5.11 Å². The van der Waals surface area contributed by atoms with E-state index in [9.17, 15) is 4.79 Å². The Balaban J connectivity index is 2.35. The van der Waals surface area contributed by atoms with Crippen LogP contribution in [0.1, 0.15) is 5.56 Å². The van der Waals surface area contributed by atoms with Crippen LogP contribution in [0.2, 0.25) is 0 Å². The van der Waals surface area contributed by atoms with Crippen LogP contribution in [0, 0.1) is 6.92 Å². The van der Waals surface area contributed by atoms with E-state index in [1.54, 1.807) is 6.07 Å². The van der Waals surface area contributed by atoms with E-state index in [-0.39, 0.29) is 0 Å². The van der Waals surface area contributed by atoms with Gasteiger partial charge in [0, 0.05) is 5.69 Å². The van der Waals surface area contributed by atoms with Gasteiger partial charge in [-0.3, -0.25) is 5.32 Å². The van der Waals surface area contributed by atoms with Crippen molar-refractivity contribution in [3.63, 3.8) is 0 Å². The number of anilines is 1. The number of hydrogen-bond acceptors (Lipinski definition) is 1. The first-order valence-corrected chi connectivity index (χ1v) is 5.33. The van der Waals surface area contributed by atoms with Crippen molar-refractivity contribution in [2.45, 2.75) is 6.92 Å². The Hall–Kier alpha value is -2.29. The zero-order valence-electron chi connectivity index (χ0n) is 9.47. The van der Waals surface area contributed by atoms with Crippen LogP contribution < -0.4 is 5.32 Å². The standard InChI is InChI=1S/C14H13NO2/c1-10-9-12(15-14(16)17)7-8-13(10)11-5-3-2-4-6-11/h2-9,15H,1H3,(H,16,17). The Morgan fingerprint density at radius 3 is 2.41 bits per heavy atom. The summed E-state index contributed by atoms with van der Waals surface area (Å²) in [6.45, 7) is 1.97. The van der Waals surface area contributed by atoms with Crippen LogP contribution in [-0.2, 0) is 0 Å². The predicted octanol–water partition coefficient (Wildman–Crippen LogP) is 3.75. The largest absolute Gasteiger partial charge is 0.465 e. The first kappa shape index (κ1) is 11.2. The van der Waals surface area contributed by atoms with Crippen LogP contribution in [0.4, 0.5) is 10.5 Å². The highest BCUT2D eigenvalue weighted by atomic mass is 16.4. The molecular weight excluding hydrogens is 214 g/mol. The summed E-state index contributed by atoms with van der Waals surface area (Å²) in [4.78, 5) is 10.5. The first-order valence-electron chi connectivity index (χ1n) is 5.33. The summed E-state index contributed by atoms with van der Waals surface area (Å²) in [7, 11) is 0. The molecule has 0 saturated carbocycles. The van der Waals surface area contributed by atoms with Gasteiger partial charge < -0.3 is 5.11 Å². The van der Waals surface area contributed by atoms with Gasteiger partial charge in [0.1, 0.15) is 0 Å². The van der Waals surface area contributed by atoms with Gasteiger partial charge in [-0.1, -0.05) is 36.4 Å². The third-order valence-electron chi connectivity index (χ3n) is 2.56. The molecule has 3 nitrogen and oxygen atoms in total. The number of amides is 1. The van der Waals surface area contributed by atoms with Gasteiger partial charge in [0.15, 0.2) is 0 Å². The minimum atomic E-state index is -1.04. The lowest BCUT2D eigenvalue weighted by atomic mass is 10.0. The maximum absolute atomic E-state index is 10.5. The average molecular weight is 227 g/mol. The van der Waals surface area contributed by atoms with Gasteiger partial charge >= 0.3 is 6.09 Å². The van der Waals surface area contributed by atoms with E-state index in [1.807, 2.05) is 49.4 Å². The smallest absolute Gasteiger partial charge is 0.409 e. The molecule has 0 bridgehead atoms. The summed E-state index contributed by atoms with van der Waals surface area (Å²) in [5.74, 6) is 0. The topological polar surface area (TPSA) is 49.3 Å². The van der Waals surface area contributed by atoms with Crippen LogP contribution in [0.5, 0.6) is 0 Å². The molecule has 2 N–H and O–H groups in total. The molecule has 0 aliphatic rings. The first-order chi connectivity index (χ1) is 8.16. The van der Waals surface area contributed by atoms with Gasteiger partial charge in [0.2, 0.25) is 0 Å². The third-order valence-corrected chi connectivity index (χ3v) is 2.56. The summed E-state index contributed by atoms with van der Waals surface area (Å²) in [5.41, 5.74) is 3.88. The van der Waals surface area contributed by atoms with Crippen molar-refractivity contribution >= 4 is 11.8 Å². The Labute approximate surface area is 99.7 Å². The van der Waals surface area contributed by atoms with Crippen molar-refractivity contribution in [1.29, 1.82) is 0 Å². The highest BCUT2D eigenvalue weighted by molar-refractivity contribution is 5.84. The van der Waals surface area contributed by atoms with E-state index >= 15 is 0 Å². The summed E-state index contributed by atoms with van der Waals surface area (Å²) in [6, 6.07) is 15.5. The molecule has 0 radical (unpaired) electrons. The minimum absolute atomic E-state index is 0.592. The van der Waals surface area contributed by atoms with E-state index in [2.05, 4.69) is 5.32 Å². The molecule has 17 heavy (non-hydrogen) atoms. The van der Waals surface area contributed by atoms with Gasteiger partial charge in [-0.25, -0.2) is 4.79 Å². The highest BCUT2D eigenvalue weighted by Gasteiger charge is 2.03. The number of carboxylic acid groups (broad SMARTS) is 1. The zero-order valence-corrected chi connectivity index (χ0v) is 9.47. The maximum atomic E-state index is 10.5. The SMILES string of the molecule is Cc1cc(NC(=O)O)ccc1-c1ccccc1. The van der Waals surface area contributed by atoms with Crippen molar-refractivity contribution in [2.24, 2.45) is 0 Å². The van der Waals surface area contributed by atoms with Crippen molar-refractivity contribution in [1.82, 2.24) is 0 Å². The van der Waals surface area contributed by atoms with Crippen LogP contribution in [0.25, 0.3) is 11.1 Å². The predicted molar refractivity (Wildman–Crippen MR) is 68.3 cm³/mol. The lowest BCUT2D eigenvalue weighted by Gasteiger charge is -2.08. The molecule has 2 aromatic carbocycles. The molecule has 0 spiro atoms. The fourth-order valence-electron chi connectivity index (χ4n) is 1.81. The molecule has 0 saturated heterocycles. The quantitative estimate of drug-likeness (QED) is 0.820. The fraction of sp³-hybridized carbons (Fsp3) is 0.0714. The Morgan fingerprint density at radius 1 is 1.12 bits per heavy atom. The Bertz CT molecular complexity index is 535. The Kier molecular flexibility index (Phi) is 3.10. The van der Waals surface area contributed by atoms with Crippen molar-refractivity contribution in [3.8, 4) is 11.1 Å². The monoisotopic (exact) mass is 227 g/mol. The fourth-order valence-corrected chi connectivity index (χ4v) is 1.81. The molecule has 0 atom stereocenters. The molecule has 0 aromatic heterocycles. The number of carbonyl (C=O) groups is 1. The molecule has 0 fully saturated rings. The minimum Gasteiger partial charge on any atom is -0.465 e. The van der Waals surface area contributed by atoms with Crippen LogP contribution >= 0.6 is 0 Å². The van der Waals surface area contributed by atoms with Gasteiger partial charge in [-0.05, 0) is 35.7 Å². The van der Waals surface area contributed by atoms with Gasteiger partial charge in [0.05, 0.1) is 0 Å². The molecule has 0 heterocycles. The number of aryl methyl sites for hydroxylation is 1. The van der Waals surface area contributed by atoms with Crippen molar-refractivity contribution < 1.29 is 9.90 Å². The van der Waals surface area contributed by atoms with E-state index in [0.29, 0.717) is 5.69 Å². The maximum Gasteiger partial charge on any atom is 0.409 e. The number of benzene rings is 2. The summed E-state index contributed by atoms with van der Waals surface area (Å²) < 4.78 is 0. The van der Waals surface area contributed by atoms with E-state index in [0.717, 1.165) is 16.7 Å². The second-order valence-corrected chi connectivity index (χ2v) is 3.83. The van der Waals surface area contributed by atoms with Crippen LogP contribution in [0.3, 0.4) is 0 Å². The molecular formula is C14H13NO2.